The third-order valence-corrected chi connectivity index (χ3v) is 4.04. The number of rotatable bonds is 4. The Morgan fingerprint density at radius 3 is 2.76 bits per heavy atom. The summed E-state index contributed by atoms with van der Waals surface area (Å²) in [4.78, 5) is 18.9. The standard InChI is InChI=1S/C15H18N2O3S/c1-4-16-15-17(5-2)14(19)13(21-15)9-10-6-7-12(20-3)11(18)8-10/h6-9,18H,4-5H2,1-3H3/b13-9-,16-15?. The maximum Gasteiger partial charge on any atom is 0.266 e. The number of benzene rings is 1. The van der Waals surface area contributed by atoms with Crippen molar-refractivity contribution in [3.8, 4) is 11.5 Å². The Labute approximate surface area is 128 Å². The average molecular weight is 306 g/mol. The normalized spacial score (nSPS) is 18.8. The zero-order valence-electron chi connectivity index (χ0n) is 12.3. The lowest BCUT2D eigenvalue weighted by Gasteiger charge is -2.11. The van der Waals surface area contributed by atoms with E-state index in [0.29, 0.717) is 23.7 Å². The van der Waals surface area contributed by atoms with Crippen molar-refractivity contribution in [3.05, 3.63) is 28.7 Å². The molecule has 0 atom stereocenters. The number of nitrogens with zero attached hydrogens (tertiary/aromatic N) is 2. The molecule has 0 aromatic heterocycles. The maximum atomic E-state index is 12.3. The minimum Gasteiger partial charge on any atom is -0.504 e. The van der Waals surface area contributed by atoms with E-state index in [2.05, 4.69) is 4.99 Å². The Hall–Kier alpha value is -1.95. The number of thioether (sulfide) groups is 1. The second-order valence-corrected chi connectivity index (χ2v) is 5.36. The van der Waals surface area contributed by atoms with Crippen LogP contribution in [0.15, 0.2) is 28.1 Å². The van der Waals surface area contributed by atoms with Crippen LogP contribution in [0.3, 0.4) is 0 Å². The highest BCUT2D eigenvalue weighted by Gasteiger charge is 2.31. The van der Waals surface area contributed by atoms with Crippen LogP contribution in [-0.2, 0) is 4.79 Å². The third kappa shape index (κ3) is 3.21. The Morgan fingerprint density at radius 2 is 2.19 bits per heavy atom. The van der Waals surface area contributed by atoms with Gasteiger partial charge in [0.25, 0.3) is 5.91 Å². The van der Waals surface area contributed by atoms with Gasteiger partial charge in [-0.1, -0.05) is 6.07 Å². The molecule has 1 saturated heterocycles. The van der Waals surface area contributed by atoms with Gasteiger partial charge < -0.3 is 9.84 Å². The molecule has 112 valence electrons. The molecule has 1 aliphatic heterocycles. The van der Waals surface area contributed by atoms with Crippen LogP contribution in [0, 0.1) is 0 Å². The van der Waals surface area contributed by atoms with E-state index < -0.39 is 0 Å². The Morgan fingerprint density at radius 1 is 1.43 bits per heavy atom. The van der Waals surface area contributed by atoms with Crippen LogP contribution in [-0.4, -0.2) is 41.3 Å². The molecule has 1 heterocycles. The number of carbonyl (C=O) groups excluding carboxylic acids is 1. The lowest BCUT2D eigenvalue weighted by molar-refractivity contribution is -0.122. The van der Waals surface area contributed by atoms with Gasteiger partial charge in [0.05, 0.1) is 12.0 Å². The fourth-order valence-corrected chi connectivity index (χ4v) is 3.09. The summed E-state index contributed by atoms with van der Waals surface area (Å²) < 4.78 is 5.00. The SMILES string of the molecule is CCN=C1S/C(=C\c2ccc(OC)c(O)c2)C(=O)N1CC. The lowest BCUT2D eigenvalue weighted by Crippen LogP contribution is -2.28. The smallest absolute Gasteiger partial charge is 0.266 e. The summed E-state index contributed by atoms with van der Waals surface area (Å²) in [5.74, 6) is 0.410. The molecule has 1 N–H and O–H groups in total. The monoisotopic (exact) mass is 306 g/mol. The number of amidine groups is 1. The summed E-state index contributed by atoms with van der Waals surface area (Å²) in [6.07, 6.45) is 1.76. The maximum absolute atomic E-state index is 12.3. The molecule has 1 aromatic rings. The minimum atomic E-state index is -0.0509. The van der Waals surface area contributed by atoms with Crippen molar-refractivity contribution in [2.45, 2.75) is 13.8 Å². The van der Waals surface area contributed by atoms with E-state index in [9.17, 15) is 9.90 Å². The first-order valence-electron chi connectivity index (χ1n) is 6.73. The molecule has 0 aliphatic carbocycles. The van der Waals surface area contributed by atoms with Crippen LogP contribution in [0.25, 0.3) is 6.08 Å². The summed E-state index contributed by atoms with van der Waals surface area (Å²) in [5.41, 5.74) is 0.748. The summed E-state index contributed by atoms with van der Waals surface area (Å²) in [7, 11) is 1.50. The van der Waals surface area contributed by atoms with Gasteiger partial charge in [-0.05, 0) is 49.4 Å². The second-order valence-electron chi connectivity index (χ2n) is 4.35. The Kier molecular flexibility index (Phi) is 4.90. The number of amides is 1. The third-order valence-electron chi connectivity index (χ3n) is 3.00. The molecular formula is C15H18N2O3S. The van der Waals surface area contributed by atoms with Crippen molar-refractivity contribution in [1.29, 1.82) is 0 Å². The van der Waals surface area contributed by atoms with Crippen LogP contribution < -0.4 is 4.74 Å². The molecule has 0 bridgehead atoms. The molecule has 0 unspecified atom stereocenters. The number of phenols is 1. The molecule has 5 nitrogen and oxygen atoms in total. The number of ether oxygens (including phenoxy) is 1. The van der Waals surface area contributed by atoms with Crippen molar-refractivity contribution < 1.29 is 14.6 Å². The van der Waals surface area contributed by atoms with E-state index in [4.69, 9.17) is 4.74 Å². The molecule has 1 aromatic carbocycles. The van der Waals surface area contributed by atoms with Gasteiger partial charge in [0.15, 0.2) is 16.7 Å². The van der Waals surface area contributed by atoms with Crippen LogP contribution >= 0.6 is 11.8 Å². The van der Waals surface area contributed by atoms with Crippen LogP contribution in [0.5, 0.6) is 11.5 Å². The molecule has 0 spiro atoms. The Bertz CT molecular complexity index is 611. The molecule has 0 radical (unpaired) electrons. The first-order valence-corrected chi connectivity index (χ1v) is 7.55. The largest absolute Gasteiger partial charge is 0.504 e. The van der Waals surface area contributed by atoms with Crippen molar-refractivity contribution in [3.63, 3.8) is 0 Å². The van der Waals surface area contributed by atoms with Crippen molar-refractivity contribution in [2.24, 2.45) is 4.99 Å². The summed E-state index contributed by atoms with van der Waals surface area (Å²) in [6, 6.07) is 5.04. The van der Waals surface area contributed by atoms with Crippen LogP contribution in [0.2, 0.25) is 0 Å². The average Bonchev–Trinajstić information content (AvgIpc) is 2.75. The quantitative estimate of drug-likeness (QED) is 0.869. The van der Waals surface area contributed by atoms with E-state index in [1.807, 2.05) is 13.8 Å². The zero-order valence-corrected chi connectivity index (χ0v) is 13.1. The van der Waals surface area contributed by atoms with E-state index in [1.54, 1.807) is 29.2 Å². The molecule has 1 fully saturated rings. The number of methoxy groups -OCH3 is 1. The zero-order chi connectivity index (χ0) is 15.4. The number of aliphatic imine (C=N–C) groups is 1. The fourth-order valence-electron chi connectivity index (χ4n) is 1.99. The topological polar surface area (TPSA) is 62.1 Å². The van der Waals surface area contributed by atoms with Gasteiger partial charge in [0.2, 0.25) is 0 Å². The van der Waals surface area contributed by atoms with E-state index in [0.717, 1.165) is 10.7 Å². The number of hydrogen-bond acceptors (Lipinski definition) is 5. The highest BCUT2D eigenvalue weighted by Crippen LogP contribution is 2.34. The summed E-state index contributed by atoms with van der Waals surface area (Å²) in [5, 5.41) is 10.5. The highest BCUT2D eigenvalue weighted by atomic mass is 32.2. The van der Waals surface area contributed by atoms with Gasteiger partial charge in [-0.2, -0.15) is 0 Å². The van der Waals surface area contributed by atoms with Gasteiger partial charge in [0.1, 0.15) is 0 Å². The predicted octanol–water partition coefficient (Wildman–Crippen LogP) is 2.71. The van der Waals surface area contributed by atoms with E-state index in [1.165, 1.54) is 18.9 Å². The molecule has 1 aliphatic rings. The lowest BCUT2D eigenvalue weighted by atomic mass is 10.2. The van der Waals surface area contributed by atoms with Gasteiger partial charge in [-0.15, -0.1) is 0 Å². The van der Waals surface area contributed by atoms with Crippen molar-refractivity contribution >= 4 is 28.9 Å². The Balaban J connectivity index is 2.31. The minimum absolute atomic E-state index is 0.0509. The first kappa shape index (κ1) is 15.4. The number of phenolic OH excluding ortho intramolecular Hbond substituents is 1. The van der Waals surface area contributed by atoms with Gasteiger partial charge in [0, 0.05) is 13.1 Å². The molecular weight excluding hydrogens is 288 g/mol. The number of aromatic hydroxyl groups is 1. The van der Waals surface area contributed by atoms with Crippen LogP contribution in [0.4, 0.5) is 0 Å². The molecule has 6 heteroatoms. The number of hydrogen-bond donors (Lipinski definition) is 1. The first-order chi connectivity index (χ1) is 10.1. The van der Waals surface area contributed by atoms with Gasteiger partial charge >= 0.3 is 0 Å². The van der Waals surface area contributed by atoms with Gasteiger partial charge in [-0.25, -0.2) is 0 Å². The molecule has 1 amide bonds. The number of carbonyl (C=O) groups is 1. The van der Waals surface area contributed by atoms with E-state index >= 15 is 0 Å². The highest BCUT2D eigenvalue weighted by molar-refractivity contribution is 8.18. The van der Waals surface area contributed by atoms with Gasteiger partial charge in [-0.3, -0.25) is 14.7 Å². The molecule has 2 rings (SSSR count). The number of likely N-dealkylation sites (N-methyl/N-ethyl adjacent to an activating group) is 1. The summed E-state index contributed by atoms with van der Waals surface area (Å²) >= 11 is 1.36. The van der Waals surface area contributed by atoms with Crippen molar-refractivity contribution in [1.82, 2.24) is 4.90 Å². The predicted molar refractivity (Wildman–Crippen MR) is 85.6 cm³/mol. The van der Waals surface area contributed by atoms with Crippen LogP contribution in [0.1, 0.15) is 19.4 Å². The molecule has 21 heavy (non-hydrogen) atoms. The van der Waals surface area contributed by atoms with Crippen molar-refractivity contribution in [2.75, 3.05) is 20.2 Å². The fraction of sp³-hybridized carbons (Fsp3) is 0.333. The molecule has 0 saturated carbocycles. The van der Waals surface area contributed by atoms with E-state index in [-0.39, 0.29) is 11.7 Å². The summed E-state index contributed by atoms with van der Waals surface area (Å²) in [6.45, 7) is 5.10. The second kappa shape index (κ2) is 6.67.